The molecule has 0 amide bonds. The van der Waals surface area contributed by atoms with Crippen LogP contribution in [-0.2, 0) is 5.41 Å². The largest absolute Gasteiger partial charge is 0.310 e. The topological polar surface area (TPSA) is 8.17 Å². The Balaban J connectivity index is 0.889. The van der Waals surface area contributed by atoms with Crippen molar-refractivity contribution < 1.29 is 0 Å². The first-order valence-electron chi connectivity index (χ1n) is 25.6. The average molecular weight is 943 g/mol. The van der Waals surface area contributed by atoms with Gasteiger partial charge in [-0.2, -0.15) is 0 Å². The minimum absolute atomic E-state index is 0.437. The van der Waals surface area contributed by atoms with Crippen LogP contribution in [0.25, 0.3) is 88.3 Å². The van der Waals surface area contributed by atoms with E-state index in [4.69, 9.17) is 0 Å². The molecule has 348 valence electrons. The summed E-state index contributed by atoms with van der Waals surface area (Å²) < 4.78 is 2.40. The van der Waals surface area contributed by atoms with Gasteiger partial charge in [0.25, 0.3) is 0 Å². The number of para-hydroxylation sites is 1. The van der Waals surface area contributed by atoms with E-state index in [1.165, 1.54) is 82.6 Å². The zero-order chi connectivity index (χ0) is 49.2. The van der Waals surface area contributed by atoms with E-state index in [1.807, 2.05) is 0 Å². The molecule has 2 aliphatic carbocycles. The Morgan fingerprint density at radius 2 is 0.946 bits per heavy atom. The molecule has 0 fully saturated rings. The first kappa shape index (κ1) is 43.3. The highest BCUT2D eigenvalue weighted by atomic mass is 15.1. The Hall–Kier alpha value is -9.50. The predicted octanol–water partition coefficient (Wildman–Crippen LogP) is 19.3. The summed E-state index contributed by atoms with van der Waals surface area (Å²) in [5.41, 5.74) is 22.1. The molecule has 0 bridgehead atoms. The second-order valence-electron chi connectivity index (χ2n) is 19.7. The number of benzene rings is 11. The Kier molecular flexibility index (Phi) is 10.3. The van der Waals surface area contributed by atoms with Crippen LogP contribution < -0.4 is 4.90 Å². The quantitative estimate of drug-likeness (QED) is 0.155. The minimum atomic E-state index is -0.437. The third-order valence-corrected chi connectivity index (χ3v) is 15.6. The molecule has 11 aromatic carbocycles. The fourth-order valence-electron chi connectivity index (χ4n) is 12.2. The van der Waals surface area contributed by atoms with E-state index < -0.39 is 5.41 Å². The number of allylic oxidation sites excluding steroid dienone is 5. The van der Waals surface area contributed by atoms with Gasteiger partial charge < -0.3 is 9.47 Å². The molecule has 2 heteroatoms. The van der Waals surface area contributed by atoms with Crippen LogP contribution in [0.3, 0.4) is 0 Å². The van der Waals surface area contributed by atoms with Gasteiger partial charge in [0.05, 0.1) is 16.4 Å². The van der Waals surface area contributed by atoms with Crippen molar-refractivity contribution in [3.05, 3.63) is 308 Å². The fourth-order valence-corrected chi connectivity index (χ4v) is 12.2. The summed E-state index contributed by atoms with van der Waals surface area (Å²) in [4.78, 5) is 2.44. The van der Waals surface area contributed by atoms with E-state index in [0.29, 0.717) is 0 Å². The van der Waals surface area contributed by atoms with Crippen LogP contribution in [0, 0.1) is 0 Å². The lowest BCUT2D eigenvalue weighted by Crippen LogP contribution is -2.28. The fraction of sp³-hybridized carbons (Fsp3) is 0.0278. The number of fused-ring (bicyclic) bond motifs is 11. The molecule has 0 aliphatic heterocycles. The molecule has 0 saturated heterocycles. The number of rotatable bonds is 7. The Morgan fingerprint density at radius 3 is 1.74 bits per heavy atom. The van der Waals surface area contributed by atoms with Gasteiger partial charge in [0.2, 0.25) is 0 Å². The second kappa shape index (κ2) is 17.7. The third-order valence-electron chi connectivity index (χ3n) is 15.6. The molecule has 12 aromatic rings. The van der Waals surface area contributed by atoms with E-state index in [9.17, 15) is 0 Å². The zero-order valence-electron chi connectivity index (χ0n) is 40.9. The standard InChI is InChI=1S/C72H50N2/c1-49-18-4-3-15-43-72(67-30-12-9-27-63(67)64-28-10-13-31-68(64)72)69-48-61(40-41-62(49)69)73(60-39-35-51-21-7-8-22-55(51)45-60)59-26-17-25-56(46-59)53-23-16-24-54(44-53)57-36-42-71-66(47-57)65-29-11-14-32-70(65)74(71)58-37-33-52(34-38-58)50-19-5-2-6-20-50/h2-42,44-48H,1,43H2/b15-3-,18-4-. The summed E-state index contributed by atoms with van der Waals surface area (Å²) in [6.45, 7) is 4.68. The smallest absolute Gasteiger partial charge is 0.0541 e. The van der Waals surface area contributed by atoms with Crippen molar-refractivity contribution in [3.8, 4) is 50.2 Å². The molecular weight excluding hydrogens is 893 g/mol. The number of hydrogen-bond donors (Lipinski definition) is 0. The maximum atomic E-state index is 4.68. The highest BCUT2D eigenvalue weighted by molar-refractivity contribution is 6.10. The SMILES string of the molecule is C=C1/C=C\C=C/CC2(c3cc(N(c4cccc(-c5cccc(-c6ccc7c(c6)c6ccccc6n7-c6ccc(-c7ccccc7)cc6)c5)c4)c4ccc5ccccc5c4)ccc31)c1ccccc1-c1ccccc12. The molecular formula is C72H50N2. The highest BCUT2D eigenvalue weighted by Gasteiger charge is 2.45. The van der Waals surface area contributed by atoms with Gasteiger partial charge in [0.15, 0.2) is 0 Å². The Bertz CT molecular complexity index is 4200. The molecule has 14 rings (SSSR count). The minimum Gasteiger partial charge on any atom is -0.310 e. The summed E-state index contributed by atoms with van der Waals surface area (Å²) in [6, 6.07) is 93.9. The first-order valence-corrected chi connectivity index (χ1v) is 25.6. The first-order chi connectivity index (χ1) is 36.6. The van der Waals surface area contributed by atoms with Crippen LogP contribution in [0.15, 0.2) is 286 Å². The Morgan fingerprint density at radius 1 is 0.365 bits per heavy atom. The molecule has 1 aromatic heterocycles. The normalized spacial score (nSPS) is 14.2. The average Bonchev–Trinajstić information content (AvgIpc) is 4.03. The van der Waals surface area contributed by atoms with E-state index in [1.54, 1.807) is 0 Å². The van der Waals surface area contributed by atoms with Crippen molar-refractivity contribution in [2.45, 2.75) is 11.8 Å². The summed E-state index contributed by atoms with van der Waals surface area (Å²) in [5, 5.41) is 4.88. The molecule has 0 atom stereocenters. The second-order valence-corrected chi connectivity index (χ2v) is 19.7. The predicted molar refractivity (Wildman–Crippen MR) is 313 cm³/mol. The van der Waals surface area contributed by atoms with Crippen LogP contribution >= 0.6 is 0 Å². The summed E-state index contributed by atoms with van der Waals surface area (Å²) in [6.07, 6.45) is 9.63. The highest BCUT2D eigenvalue weighted by Crippen LogP contribution is 2.57. The van der Waals surface area contributed by atoms with E-state index >= 15 is 0 Å². The van der Waals surface area contributed by atoms with Gasteiger partial charge in [0, 0.05) is 33.5 Å². The summed E-state index contributed by atoms with van der Waals surface area (Å²) in [7, 11) is 0. The van der Waals surface area contributed by atoms with Gasteiger partial charge in [-0.15, -0.1) is 0 Å². The van der Waals surface area contributed by atoms with Crippen molar-refractivity contribution in [1.29, 1.82) is 0 Å². The zero-order valence-corrected chi connectivity index (χ0v) is 40.9. The van der Waals surface area contributed by atoms with Crippen LogP contribution in [-0.4, -0.2) is 4.57 Å². The van der Waals surface area contributed by atoms with Gasteiger partial charge in [-0.3, -0.25) is 0 Å². The van der Waals surface area contributed by atoms with Crippen LogP contribution in [0.5, 0.6) is 0 Å². The van der Waals surface area contributed by atoms with Crippen LogP contribution in [0.1, 0.15) is 28.7 Å². The molecule has 0 unspecified atom stereocenters. The van der Waals surface area contributed by atoms with Crippen LogP contribution in [0.2, 0.25) is 0 Å². The summed E-state index contributed by atoms with van der Waals surface area (Å²) >= 11 is 0. The van der Waals surface area contributed by atoms with E-state index in [-0.39, 0.29) is 0 Å². The number of anilines is 3. The number of hydrogen-bond acceptors (Lipinski definition) is 1. The number of aromatic nitrogens is 1. The van der Waals surface area contributed by atoms with E-state index in [0.717, 1.165) is 51.4 Å². The van der Waals surface area contributed by atoms with Gasteiger partial charge in [-0.25, -0.2) is 0 Å². The van der Waals surface area contributed by atoms with Crippen molar-refractivity contribution in [1.82, 2.24) is 4.57 Å². The maximum Gasteiger partial charge on any atom is 0.0541 e. The molecule has 0 N–H and O–H groups in total. The maximum absolute atomic E-state index is 4.68. The van der Waals surface area contributed by atoms with Crippen LogP contribution in [0.4, 0.5) is 17.1 Å². The molecule has 0 radical (unpaired) electrons. The van der Waals surface area contributed by atoms with Crippen molar-refractivity contribution >= 4 is 55.2 Å². The van der Waals surface area contributed by atoms with Gasteiger partial charge >= 0.3 is 0 Å². The summed E-state index contributed by atoms with van der Waals surface area (Å²) in [5.74, 6) is 0. The van der Waals surface area contributed by atoms with E-state index in [2.05, 4.69) is 295 Å². The lowest BCUT2D eigenvalue weighted by atomic mass is 9.68. The third kappa shape index (κ3) is 7.10. The molecule has 1 spiro atoms. The lowest BCUT2D eigenvalue weighted by molar-refractivity contribution is 0.643. The van der Waals surface area contributed by atoms with Crippen molar-refractivity contribution in [2.24, 2.45) is 0 Å². The van der Waals surface area contributed by atoms with Gasteiger partial charge in [-0.1, -0.05) is 213 Å². The molecule has 2 nitrogen and oxygen atoms in total. The van der Waals surface area contributed by atoms with Gasteiger partial charge in [0.1, 0.15) is 0 Å². The monoisotopic (exact) mass is 942 g/mol. The van der Waals surface area contributed by atoms with Gasteiger partial charge in [-0.05, 0) is 162 Å². The van der Waals surface area contributed by atoms with Crippen molar-refractivity contribution in [3.63, 3.8) is 0 Å². The molecule has 1 heterocycles. The Labute approximate surface area is 432 Å². The molecule has 0 saturated carbocycles. The van der Waals surface area contributed by atoms with Crippen molar-refractivity contribution in [2.75, 3.05) is 4.90 Å². The molecule has 74 heavy (non-hydrogen) atoms. The number of nitrogens with zero attached hydrogens (tertiary/aromatic N) is 2. The molecule has 2 aliphatic rings. The lowest BCUT2D eigenvalue weighted by Gasteiger charge is -2.35.